The van der Waals surface area contributed by atoms with Gasteiger partial charge in [0.2, 0.25) is 0 Å². The molecule has 2 saturated heterocycles. The third-order valence-corrected chi connectivity index (χ3v) is 4.53. The van der Waals surface area contributed by atoms with Gasteiger partial charge in [-0.05, 0) is 11.3 Å². The third kappa shape index (κ3) is 2.18. The quantitative estimate of drug-likeness (QED) is 0.622. The van der Waals surface area contributed by atoms with Gasteiger partial charge >= 0.3 is 5.00 Å². The Balaban J connectivity index is 1.59. The van der Waals surface area contributed by atoms with Crippen LogP contribution in [0.2, 0.25) is 0 Å². The van der Waals surface area contributed by atoms with Gasteiger partial charge in [-0.15, -0.1) is 0 Å². The van der Waals surface area contributed by atoms with E-state index in [1.807, 2.05) is 0 Å². The molecular weight excluding hydrogens is 254 g/mol. The minimum atomic E-state index is -0.378. The number of nitrogens with one attached hydrogen (secondary N) is 1. The minimum Gasteiger partial charge on any atom is -0.345 e. The van der Waals surface area contributed by atoms with Crippen molar-refractivity contribution in [2.75, 3.05) is 44.2 Å². The second kappa shape index (κ2) is 4.79. The normalized spacial score (nSPS) is 21.9. The van der Waals surface area contributed by atoms with Crippen molar-refractivity contribution < 1.29 is 4.92 Å². The largest absolute Gasteiger partial charge is 0.345 e. The molecule has 1 N–H and O–H groups in total. The molecule has 0 unspecified atom stereocenters. The van der Waals surface area contributed by atoms with Crippen molar-refractivity contribution >= 4 is 21.5 Å². The van der Waals surface area contributed by atoms with Crippen LogP contribution in [0.3, 0.4) is 0 Å². The number of anilines is 1. The van der Waals surface area contributed by atoms with Gasteiger partial charge in [0.15, 0.2) is 5.13 Å². The van der Waals surface area contributed by atoms with Crippen molar-refractivity contribution in [3.05, 3.63) is 16.3 Å². The highest BCUT2D eigenvalue weighted by Gasteiger charge is 2.28. The number of piperazine rings is 1. The summed E-state index contributed by atoms with van der Waals surface area (Å²) in [5.41, 5.74) is 0. The molecule has 0 aromatic carbocycles. The molecule has 2 fully saturated rings. The maximum absolute atomic E-state index is 10.6. The smallest absolute Gasteiger partial charge is 0.345 e. The zero-order chi connectivity index (χ0) is 12.5. The summed E-state index contributed by atoms with van der Waals surface area (Å²) in [7, 11) is 0. The molecule has 1 aromatic heterocycles. The molecule has 18 heavy (non-hydrogen) atoms. The van der Waals surface area contributed by atoms with Crippen LogP contribution in [0.25, 0.3) is 0 Å². The number of nitrogens with zero attached hydrogens (tertiary/aromatic N) is 4. The van der Waals surface area contributed by atoms with Gasteiger partial charge in [0.25, 0.3) is 0 Å². The van der Waals surface area contributed by atoms with Gasteiger partial charge in [-0.25, -0.2) is 4.98 Å². The van der Waals surface area contributed by atoms with E-state index in [1.165, 1.54) is 6.20 Å². The Labute approximate surface area is 109 Å². The van der Waals surface area contributed by atoms with E-state index in [-0.39, 0.29) is 9.92 Å². The number of hydrogen-bond donors (Lipinski definition) is 1. The minimum absolute atomic E-state index is 0.121. The average Bonchev–Trinajstić information content (AvgIpc) is 2.77. The van der Waals surface area contributed by atoms with E-state index < -0.39 is 0 Å². The van der Waals surface area contributed by atoms with E-state index in [2.05, 4.69) is 20.1 Å². The average molecular weight is 269 g/mol. The topological polar surface area (TPSA) is 74.5 Å². The predicted molar refractivity (Wildman–Crippen MR) is 69.2 cm³/mol. The first kappa shape index (κ1) is 11.8. The fourth-order valence-corrected chi connectivity index (χ4v) is 3.08. The highest BCUT2D eigenvalue weighted by molar-refractivity contribution is 7.18. The molecule has 0 radical (unpaired) electrons. The molecule has 0 amide bonds. The maximum Gasteiger partial charge on any atom is 0.345 e. The maximum atomic E-state index is 10.6. The Morgan fingerprint density at radius 1 is 1.39 bits per heavy atom. The highest BCUT2D eigenvalue weighted by Crippen LogP contribution is 2.29. The Morgan fingerprint density at radius 3 is 2.61 bits per heavy atom. The molecule has 1 aromatic rings. The summed E-state index contributed by atoms with van der Waals surface area (Å²) in [6.45, 7) is 6.01. The molecule has 0 saturated carbocycles. The molecule has 0 aliphatic carbocycles. The van der Waals surface area contributed by atoms with Crippen LogP contribution in [0, 0.1) is 10.1 Å². The van der Waals surface area contributed by atoms with E-state index in [0.717, 1.165) is 55.7 Å². The summed E-state index contributed by atoms with van der Waals surface area (Å²) in [4.78, 5) is 19.0. The van der Waals surface area contributed by atoms with Gasteiger partial charge in [-0.3, -0.25) is 15.0 Å². The van der Waals surface area contributed by atoms with Crippen LogP contribution in [-0.4, -0.2) is 60.1 Å². The van der Waals surface area contributed by atoms with Crippen molar-refractivity contribution in [2.45, 2.75) is 6.04 Å². The van der Waals surface area contributed by atoms with Crippen LogP contribution in [0.5, 0.6) is 0 Å². The van der Waals surface area contributed by atoms with E-state index >= 15 is 0 Å². The number of hydrogen-bond acceptors (Lipinski definition) is 7. The number of aromatic nitrogens is 1. The Morgan fingerprint density at radius 2 is 2.11 bits per heavy atom. The zero-order valence-corrected chi connectivity index (χ0v) is 10.7. The van der Waals surface area contributed by atoms with Crippen molar-refractivity contribution in [1.82, 2.24) is 15.2 Å². The molecule has 3 heterocycles. The SMILES string of the molecule is O=[N+]([O-])c1cnc(N2CCN(C3CNC3)CC2)s1. The van der Waals surface area contributed by atoms with Crippen LogP contribution in [-0.2, 0) is 0 Å². The van der Waals surface area contributed by atoms with Crippen molar-refractivity contribution in [2.24, 2.45) is 0 Å². The second-order valence-electron chi connectivity index (χ2n) is 4.57. The van der Waals surface area contributed by atoms with Crippen LogP contribution in [0.1, 0.15) is 0 Å². The summed E-state index contributed by atoms with van der Waals surface area (Å²) >= 11 is 1.16. The third-order valence-electron chi connectivity index (χ3n) is 3.52. The van der Waals surface area contributed by atoms with Gasteiger partial charge in [0.05, 0.1) is 4.92 Å². The molecule has 2 aliphatic rings. The van der Waals surface area contributed by atoms with E-state index in [0.29, 0.717) is 6.04 Å². The van der Waals surface area contributed by atoms with Crippen LogP contribution < -0.4 is 10.2 Å². The number of rotatable bonds is 3. The second-order valence-corrected chi connectivity index (χ2v) is 5.56. The van der Waals surface area contributed by atoms with E-state index in [4.69, 9.17) is 0 Å². The van der Waals surface area contributed by atoms with Crippen molar-refractivity contribution in [3.8, 4) is 0 Å². The fourth-order valence-electron chi connectivity index (χ4n) is 2.30. The number of thiazole rings is 1. The summed E-state index contributed by atoms with van der Waals surface area (Å²) in [5.74, 6) is 0. The lowest BCUT2D eigenvalue weighted by Gasteiger charge is -2.43. The lowest BCUT2D eigenvalue weighted by atomic mass is 10.1. The molecular formula is C10H15N5O2S. The molecule has 0 atom stereocenters. The highest BCUT2D eigenvalue weighted by atomic mass is 32.1. The molecule has 2 aliphatic heterocycles. The predicted octanol–water partition coefficient (Wildman–Crippen LogP) is 0.145. The van der Waals surface area contributed by atoms with Crippen molar-refractivity contribution in [3.63, 3.8) is 0 Å². The van der Waals surface area contributed by atoms with Crippen LogP contribution >= 0.6 is 11.3 Å². The molecule has 7 nitrogen and oxygen atoms in total. The van der Waals surface area contributed by atoms with Crippen LogP contribution in [0.4, 0.5) is 10.1 Å². The zero-order valence-electron chi connectivity index (χ0n) is 9.91. The van der Waals surface area contributed by atoms with Gasteiger partial charge < -0.3 is 10.2 Å². The van der Waals surface area contributed by atoms with Gasteiger partial charge in [0.1, 0.15) is 6.20 Å². The molecule has 98 valence electrons. The summed E-state index contributed by atoms with van der Waals surface area (Å²) in [6, 6.07) is 0.679. The Bertz CT molecular complexity index is 439. The Kier molecular flexibility index (Phi) is 3.14. The van der Waals surface area contributed by atoms with E-state index in [9.17, 15) is 10.1 Å². The summed E-state index contributed by atoms with van der Waals surface area (Å²) < 4.78 is 0. The standard InChI is InChI=1S/C10H15N5O2S/c16-15(17)9-7-12-10(18-9)14-3-1-13(2-4-14)8-5-11-6-8/h7-8,11H,1-6H2. The van der Waals surface area contributed by atoms with Crippen LogP contribution in [0.15, 0.2) is 6.20 Å². The molecule has 8 heteroatoms. The lowest BCUT2D eigenvalue weighted by Crippen LogP contribution is -2.61. The lowest BCUT2D eigenvalue weighted by molar-refractivity contribution is -0.380. The van der Waals surface area contributed by atoms with Gasteiger partial charge in [0, 0.05) is 45.3 Å². The number of nitro groups is 1. The molecule has 0 bridgehead atoms. The molecule has 3 rings (SSSR count). The van der Waals surface area contributed by atoms with E-state index in [1.54, 1.807) is 0 Å². The monoisotopic (exact) mass is 269 g/mol. The van der Waals surface area contributed by atoms with Gasteiger partial charge in [-0.1, -0.05) is 0 Å². The van der Waals surface area contributed by atoms with Gasteiger partial charge in [-0.2, -0.15) is 0 Å². The first-order chi connectivity index (χ1) is 8.74. The Hall–Kier alpha value is -1.25. The first-order valence-electron chi connectivity index (χ1n) is 6.04. The summed E-state index contributed by atoms with van der Waals surface area (Å²) in [5, 5.41) is 14.8. The summed E-state index contributed by atoms with van der Waals surface area (Å²) in [6.07, 6.45) is 1.35. The fraction of sp³-hybridized carbons (Fsp3) is 0.700. The molecule has 0 spiro atoms. The van der Waals surface area contributed by atoms with Crippen molar-refractivity contribution in [1.29, 1.82) is 0 Å². The first-order valence-corrected chi connectivity index (χ1v) is 6.85.